The number of nitrogens with two attached hydrogens (primary N) is 1. The molecule has 14 heavy (non-hydrogen) atoms. The van der Waals surface area contributed by atoms with Crippen LogP contribution >= 0.6 is 0 Å². The molecule has 2 atom stereocenters. The average Bonchev–Trinajstić information content (AvgIpc) is 2.13. The third-order valence-corrected chi connectivity index (χ3v) is 3.17. The number of hydrogen-bond acceptors (Lipinski definition) is 1. The van der Waals surface area contributed by atoms with Crippen molar-refractivity contribution >= 4 is 0 Å². The molecular formula is C13H29N. The van der Waals surface area contributed by atoms with Crippen molar-refractivity contribution in [2.24, 2.45) is 17.6 Å². The molecule has 0 radical (unpaired) electrons. The summed E-state index contributed by atoms with van der Waals surface area (Å²) >= 11 is 0. The van der Waals surface area contributed by atoms with Crippen LogP contribution in [0.3, 0.4) is 0 Å². The van der Waals surface area contributed by atoms with Gasteiger partial charge in [0.15, 0.2) is 0 Å². The summed E-state index contributed by atoms with van der Waals surface area (Å²) in [6.07, 6.45) is 7.73. The van der Waals surface area contributed by atoms with Crippen LogP contribution in [0.1, 0.15) is 66.2 Å². The Morgan fingerprint density at radius 1 is 0.929 bits per heavy atom. The summed E-state index contributed by atoms with van der Waals surface area (Å²) in [6.45, 7) is 9.12. The molecule has 0 aromatic rings. The van der Waals surface area contributed by atoms with E-state index in [1.54, 1.807) is 0 Å². The van der Waals surface area contributed by atoms with Gasteiger partial charge in [-0.25, -0.2) is 0 Å². The largest absolute Gasteiger partial charge is 0.327 e. The van der Waals surface area contributed by atoms with E-state index in [9.17, 15) is 0 Å². The van der Waals surface area contributed by atoms with Crippen molar-refractivity contribution in [3.63, 3.8) is 0 Å². The van der Waals surface area contributed by atoms with Crippen molar-refractivity contribution in [1.29, 1.82) is 0 Å². The molecule has 0 aliphatic rings. The summed E-state index contributed by atoms with van der Waals surface area (Å²) in [5.74, 6) is 1.48. The second kappa shape index (κ2) is 8.28. The lowest BCUT2D eigenvalue weighted by molar-refractivity contribution is 0.280. The topological polar surface area (TPSA) is 26.0 Å². The van der Waals surface area contributed by atoms with Crippen molar-refractivity contribution in [3.05, 3.63) is 0 Å². The summed E-state index contributed by atoms with van der Waals surface area (Å²) in [6, 6.07) is 0.432. The number of hydrogen-bond donors (Lipinski definition) is 1. The molecule has 0 bridgehead atoms. The van der Waals surface area contributed by atoms with Crippen molar-refractivity contribution in [2.45, 2.75) is 72.3 Å². The molecule has 1 heteroatoms. The lowest BCUT2D eigenvalue weighted by Crippen LogP contribution is -2.33. The molecule has 0 heterocycles. The standard InChI is InChI=1S/C13H29N/c1-5-7-8-10-13(14)12(9-6-2)11(3)4/h11-13H,5-10,14H2,1-4H3. The maximum Gasteiger partial charge on any atom is 0.00696 e. The Labute approximate surface area is 90.5 Å². The first-order valence-corrected chi connectivity index (χ1v) is 6.39. The van der Waals surface area contributed by atoms with Crippen LogP contribution in [0.15, 0.2) is 0 Å². The Kier molecular flexibility index (Phi) is 8.26. The first-order chi connectivity index (χ1) is 6.63. The van der Waals surface area contributed by atoms with Gasteiger partial charge in [-0.05, 0) is 24.7 Å². The minimum atomic E-state index is 0.432. The molecule has 0 aliphatic carbocycles. The van der Waals surface area contributed by atoms with Crippen LogP contribution in [-0.2, 0) is 0 Å². The molecule has 0 aromatic carbocycles. The van der Waals surface area contributed by atoms with Gasteiger partial charge >= 0.3 is 0 Å². The van der Waals surface area contributed by atoms with Crippen LogP contribution < -0.4 is 5.73 Å². The predicted octanol–water partition coefficient (Wildman–Crippen LogP) is 3.97. The van der Waals surface area contributed by atoms with Crippen molar-refractivity contribution in [2.75, 3.05) is 0 Å². The van der Waals surface area contributed by atoms with Gasteiger partial charge in [0.2, 0.25) is 0 Å². The van der Waals surface area contributed by atoms with Crippen LogP contribution in [0.4, 0.5) is 0 Å². The van der Waals surface area contributed by atoms with E-state index in [0.29, 0.717) is 6.04 Å². The lowest BCUT2D eigenvalue weighted by atomic mass is 9.83. The van der Waals surface area contributed by atoms with E-state index >= 15 is 0 Å². The molecule has 0 amide bonds. The third-order valence-electron chi connectivity index (χ3n) is 3.17. The van der Waals surface area contributed by atoms with Gasteiger partial charge in [0.05, 0.1) is 0 Å². The second-order valence-corrected chi connectivity index (χ2v) is 4.86. The molecule has 2 unspecified atom stereocenters. The van der Waals surface area contributed by atoms with E-state index in [1.807, 2.05) is 0 Å². The van der Waals surface area contributed by atoms with Gasteiger partial charge in [-0.3, -0.25) is 0 Å². The van der Waals surface area contributed by atoms with Gasteiger partial charge in [0.1, 0.15) is 0 Å². The van der Waals surface area contributed by atoms with Gasteiger partial charge in [-0.2, -0.15) is 0 Å². The molecule has 2 N–H and O–H groups in total. The highest BCUT2D eigenvalue weighted by atomic mass is 14.6. The van der Waals surface area contributed by atoms with Gasteiger partial charge in [-0.15, -0.1) is 0 Å². The fourth-order valence-corrected chi connectivity index (χ4v) is 2.22. The maximum atomic E-state index is 6.25. The van der Waals surface area contributed by atoms with Gasteiger partial charge < -0.3 is 5.73 Å². The maximum absolute atomic E-state index is 6.25. The van der Waals surface area contributed by atoms with Crippen molar-refractivity contribution in [3.8, 4) is 0 Å². The molecule has 0 aromatic heterocycles. The van der Waals surface area contributed by atoms with E-state index in [1.165, 1.54) is 38.5 Å². The zero-order valence-electron chi connectivity index (χ0n) is 10.6. The Bertz CT molecular complexity index is 120. The summed E-state index contributed by atoms with van der Waals surface area (Å²) < 4.78 is 0. The van der Waals surface area contributed by atoms with Crippen LogP contribution in [0.2, 0.25) is 0 Å². The highest BCUT2D eigenvalue weighted by molar-refractivity contribution is 4.75. The third kappa shape index (κ3) is 5.64. The number of rotatable bonds is 8. The highest BCUT2D eigenvalue weighted by Crippen LogP contribution is 2.23. The van der Waals surface area contributed by atoms with Crippen molar-refractivity contribution in [1.82, 2.24) is 0 Å². The molecule has 0 fully saturated rings. The van der Waals surface area contributed by atoms with Crippen LogP contribution in [0, 0.1) is 11.8 Å². The Morgan fingerprint density at radius 2 is 1.57 bits per heavy atom. The van der Waals surface area contributed by atoms with Gasteiger partial charge in [-0.1, -0.05) is 53.4 Å². The average molecular weight is 199 g/mol. The molecule has 0 rings (SSSR count). The molecule has 86 valence electrons. The van der Waals surface area contributed by atoms with Crippen LogP contribution in [0.5, 0.6) is 0 Å². The van der Waals surface area contributed by atoms with Gasteiger partial charge in [0.25, 0.3) is 0 Å². The summed E-state index contributed by atoms with van der Waals surface area (Å²) in [5, 5.41) is 0. The summed E-state index contributed by atoms with van der Waals surface area (Å²) in [7, 11) is 0. The van der Waals surface area contributed by atoms with Crippen LogP contribution in [-0.4, -0.2) is 6.04 Å². The molecule has 0 spiro atoms. The van der Waals surface area contributed by atoms with E-state index in [2.05, 4.69) is 27.7 Å². The predicted molar refractivity (Wildman–Crippen MR) is 65.4 cm³/mol. The van der Waals surface area contributed by atoms with Gasteiger partial charge in [0, 0.05) is 6.04 Å². The molecule has 1 nitrogen and oxygen atoms in total. The summed E-state index contributed by atoms with van der Waals surface area (Å²) in [4.78, 5) is 0. The Hall–Kier alpha value is -0.0400. The first-order valence-electron chi connectivity index (χ1n) is 6.39. The molecule has 0 aliphatic heterocycles. The zero-order valence-corrected chi connectivity index (χ0v) is 10.6. The second-order valence-electron chi connectivity index (χ2n) is 4.86. The highest BCUT2D eigenvalue weighted by Gasteiger charge is 2.19. The monoisotopic (exact) mass is 199 g/mol. The minimum absolute atomic E-state index is 0.432. The zero-order chi connectivity index (χ0) is 11.0. The van der Waals surface area contributed by atoms with E-state index in [-0.39, 0.29) is 0 Å². The summed E-state index contributed by atoms with van der Waals surface area (Å²) in [5.41, 5.74) is 6.25. The normalized spacial score (nSPS) is 15.9. The van der Waals surface area contributed by atoms with E-state index in [4.69, 9.17) is 5.73 Å². The molecular weight excluding hydrogens is 170 g/mol. The van der Waals surface area contributed by atoms with E-state index < -0.39 is 0 Å². The molecule has 0 saturated heterocycles. The first kappa shape index (κ1) is 14.0. The van der Waals surface area contributed by atoms with Crippen molar-refractivity contribution < 1.29 is 0 Å². The van der Waals surface area contributed by atoms with Crippen LogP contribution in [0.25, 0.3) is 0 Å². The minimum Gasteiger partial charge on any atom is -0.327 e. The SMILES string of the molecule is CCCCCC(N)C(CCC)C(C)C. The van der Waals surface area contributed by atoms with E-state index in [0.717, 1.165) is 11.8 Å². The Morgan fingerprint density at radius 3 is 2.00 bits per heavy atom. The quantitative estimate of drug-likeness (QED) is 0.588. The number of unbranched alkanes of at least 4 members (excludes halogenated alkanes) is 2. The fourth-order valence-electron chi connectivity index (χ4n) is 2.22. The lowest BCUT2D eigenvalue weighted by Gasteiger charge is -2.27. The fraction of sp³-hybridized carbons (Fsp3) is 1.00. The Balaban J connectivity index is 3.82. The smallest absolute Gasteiger partial charge is 0.00696 e. The molecule has 0 saturated carbocycles.